The average Bonchev–Trinajstić information content (AvgIpc) is 2.55. The van der Waals surface area contributed by atoms with E-state index in [-0.39, 0.29) is 16.7 Å². The molecule has 0 saturated heterocycles. The summed E-state index contributed by atoms with van der Waals surface area (Å²) in [6.45, 7) is 0. The summed E-state index contributed by atoms with van der Waals surface area (Å²) in [6, 6.07) is 8.83. The summed E-state index contributed by atoms with van der Waals surface area (Å²) in [5.74, 6) is -2.37. The van der Waals surface area contributed by atoms with E-state index in [0.29, 0.717) is 0 Å². The maximum atomic E-state index is 13.7. The first-order valence-corrected chi connectivity index (χ1v) is 6.43. The Bertz CT molecular complexity index is 890. The third-order valence-electron chi connectivity index (χ3n) is 2.96. The van der Waals surface area contributed by atoms with Crippen LogP contribution in [0.4, 0.5) is 10.1 Å². The Morgan fingerprint density at radius 3 is 2.79 bits per heavy atom. The van der Waals surface area contributed by atoms with Crippen molar-refractivity contribution in [2.45, 2.75) is 0 Å². The third kappa shape index (κ3) is 3.50. The number of nitro benzene ring substituents is 1. The lowest BCUT2D eigenvalue weighted by Gasteiger charge is -2.02. The Morgan fingerprint density at radius 2 is 2.17 bits per heavy atom. The van der Waals surface area contributed by atoms with Gasteiger partial charge >= 0.3 is 5.69 Å². The van der Waals surface area contributed by atoms with E-state index in [0.717, 1.165) is 24.4 Å². The van der Waals surface area contributed by atoms with Crippen molar-refractivity contribution in [2.24, 2.45) is 5.10 Å². The lowest BCUT2D eigenvalue weighted by molar-refractivity contribution is -0.385. The molecular weight excluding hydrogens is 319 g/mol. The first-order chi connectivity index (χ1) is 11.4. The molecule has 0 atom stereocenters. The van der Waals surface area contributed by atoms with Crippen molar-refractivity contribution >= 4 is 17.8 Å². The topological polar surface area (TPSA) is 129 Å². The van der Waals surface area contributed by atoms with Crippen molar-refractivity contribution in [3.8, 4) is 11.8 Å². The fourth-order valence-corrected chi connectivity index (χ4v) is 1.79. The first-order valence-electron chi connectivity index (χ1n) is 6.43. The van der Waals surface area contributed by atoms with Crippen LogP contribution >= 0.6 is 0 Å². The number of halogens is 1. The molecule has 0 aliphatic rings. The molecule has 0 fully saturated rings. The maximum Gasteiger partial charge on any atom is 0.311 e. The van der Waals surface area contributed by atoms with Crippen LogP contribution < -0.4 is 5.43 Å². The zero-order valence-corrected chi connectivity index (χ0v) is 11.9. The summed E-state index contributed by atoms with van der Waals surface area (Å²) in [5, 5.41) is 32.6. The first kappa shape index (κ1) is 16.6. The number of hydrazone groups is 1. The SMILES string of the molecule is N#Cc1ccc(C(=O)N/N=C\c2cccc([N+](=O)[O-])c2O)c(F)c1. The number of rotatable bonds is 4. The molecule has 2 N–H and O–H groups in total. The molecule has 1 amide bonds. The van der Waals surface area contributed by atoms with E-state index in [1.165, 1.54) is 18.2 Å². The number of para-hydroxylation sites is 1. The molecule has 0 aromatic heterocycles. The van der Waals surface area contributed by atoms with E-state index in [1.807, 2.05) is 5.43 Å². The molecular formula is C15H9FN4O4. The summed E-state index contributed by atoms with van der Waals surface area (Å²) in [6.07, 6.45) is 0.988. The summed E-state index contributed by atoms with van der Waals surface area (Å²) in [4.78, 5) is 21.7. The van der Waals surface area contributed by atoms with Crippen LogP contribution in [0.2, 0.25) is 0 Å². The van der Waals surface area contributed by atoms with Crippen LogP contribution in [0.15, 0.2) is 41.5 Å². The minimum Gasteiger partial charge on any atom is -0.502 e. The van der Waals surface area contributed by atoms with Gasteiger partial charge in [-0.05, 0) is 24.3 Å². The fourth-order valence-electron chi connectivity index (χ4n) is 1.79. The molecule has 24 heavy (non-hydrogen) atoms. The second-order valence-electron chi connectivity index (χ2n) is 4.48. The molecule has 0 unspecified atom stereocenters. The number of amides is 1. The van der Waals surface area contributed by atoms with E-state index >= 15 is 0 Å². The van der Waals surface area contributed by atoms with Gasteiger partial charge in [-0.15, -0.1) is 0 Å². The Hall–Kier alpha value is -3.80. The second kappa shape index (κ2) is 6.97. The van der Waals surface area contributed by atoms with Gasteiger partial charge in [0.1, 0.15) is 5.82 Å². The Balaban J connectivity index is 2.15. The van der Waals surface area contributed by atoms with Crippen molar-refractivity contribution < 1.29 is 19.2 Å². The summed E-state index contributed by atoms with van der Waals surface area (Å²) in [5.41, 5.74) is 1.26. The Labute approximate surface area is 134 Å². The summed E-state index contributed by atoms with van der Waals surface area (Å²) < 4.78 is 13.7. The molecule has 0 spiro atoms. The number of nitrogens with one attached hydrogen (secondary N) is 1. The number of nitrogens with zero attached hydrogens (tertiary/aromatic N) is 3. The van der Waals surface area contributed by atoms with E-state index in [1.54, 1.807) is 6.07 Å². The zero-order chi connectivity index (χ0) is 17.7. The number of phenolic OH excluding ortho intramolecular Hbond substituents is 1. The van der Waals surface area contributed by atoms with Gasteiger partial charge in [-0.25, -0.2) is 9.82 Å². The van der Waals surface area contributed by atoms with Crippen molar-refractivity contribution in [3.63, 3.8) is 0 Å². The highest BCUT2D eigenvalue weighted by atomic mass is 19.1. The molecule has 2 aromatic carbocycles. The van der Waals surface area contributed by atoms with Crippen molar-refractivity contribution in [2.75, 3.05) is 0 Å². The molecule has 0 aliphatic carbocycles. The van der Waals surface area contributed by atoms with Gasteiger partial charge in [0.2, 0.25) is 5.75 Å². The quantitative estimate of drug-likeness (QED) is 0.504. The highest BCUT2D eigenvalue weighted by molar-refractivity contribution is 5.95. The molecule has 0 radical (unpaired) electrons. The third-order valence-corrected chi connectivity index (χ3v) is 2.96. The monoisotopic (exact) mass is 328 g/mol. The number of carbonyl (C=O) groups excluding carboxylic acids is 1. The van der Waals surface area contributed by atoms with Crippen LogP contribution in [-0.2, 0) is 0 Å². The molecule has 0 bridgehead atoms. The molecule has 0 aliphatic heterocycles. The Kier molecular flexibility index (Phi) is 4.81. The van der Waals surface area contributed by atoms with Gasteiger partial charge in [-0.2, -0.15) is 10.4 Å². The average molecular weight is 328 g/mol. The maximum absolute atomic E-state index is 13.7. The molecule has 8 nitrogen and oxygen atoms in total. The van der Waals surface area contributed by atoms with E-state index in [2.05, 4.69) is 5.10 Å². The number of phenols is 1. The number of hydrogen-bond acceptors (Lipinski definition) is 6. The van der Waals surface area contributed by atoms with Crippen LogP contribution in [-0.4, -0.2) is 22.2 Å². The van der Waals surface area contributed by atoms with Gasteiger partial charge in [-0.1, -0.05) is 6.07 Å². The minimum atomic E-state index is -0.889. The summed E-state index contributed by atoms with van der Waals surface area (Å²) in [7, 11) is 0. The molecule has 0 saturated carbocycles. The molecule has 2 aromatic rings. The van der Waals surface area contributed by atoms with Crippen molar-refractivity contribution in [1.29, 1.82) is 5.26 Å². The van der Waals surface area contributed by atoms with Crippen molar-refractivity contribution in [1.82, 2.24) is 5.43 Å². The van der Waals surface area contributed by atoms with E-state index < -0.39 is 28.1 Å². The molecule has 2 rings (SSSR count). The number of aromatic hydroxyl groups is 1. The number of carbonyl (C=O) groups is 1. The highest BCUT2D eigenvalue weighted by Crippen LogP contribution is 2.27. The molecule has 0 heterocycles. The predicted octanol–water partition coefficient (Wildman–Crippen LogP) is 2.08. The zero-order valence-electron chi connectivity index (χ0n) is 11.9. The van der Waals surface area contributed by atoms with E-state index in [9.17, 15) is 24.4 Å². The number of nitro groups is 1. The standard InChI is InChI=1S/C15H9FN4O4/c16-12-6-9(7-17)4-5-11(12)15(22)19-18-8-10-2-1-3-13(14(10)21)20(23)24/h1-6,8,21H,(H,19,22)/b18-8-. The van der Waals surface area contributed by atoms with Gasteiger partial charge in [0.15, 0.2) is 0 Å². The number of hydrogen-bond donors (Lipinski definition) is 2. The fraction of sp³-hybridized carbons (Fsp3) is 0. The Morgan fingerprint density at radius 1 is 1.42 bits per heavy atom. The smallest absolute Gasteiger partial charge is 0.311 e. The van der Waals surface area contributed by atoms with Crippen LogP contribution in [0.3, 0.4) is 0 Å². The summed E-state index contributed by atoms with van der Waals surface area (Å²) >= 11 is 0. The van der Waals surface area contributed by atoms with Gasteiger partial charge in [-0.3, -0.25) is 14.9 Å². The van der Waals surface area contributed by atoms with E-state index in [4.69, 9.17) is 5.26 Å². The van der Waals surface area contributed by atoms with Gasteiger partial charge in [0.25, 0.3) is 5.91 Å². The minimum absolute atomic E-state index is 0.00444. The highest BCUT2D eigenvalue weighted by Gasteiger charge is 2.15. The number of nitriles is 1. The van der Waals surface area contributed by atoms with Crippen LogP contribution in [0.25, 0.3) is 0 Å². The van der Waals surface area contributed by atoms with Crippen molar-refractivity contribution in [3.05, 3.63) is 69.0 Å². The lowest BCUT2D eigenvalue weighted by atomic mass is 10.1. The van der Waals surface area contributed by atoms with Gasteiger partial charge in [0.05, 0.1) is 28.3 Å². The van der Waals surface area contributed by atoms with Gasteiger partial charge < -0.3 is 5.11 Å². The second-order valence-corrected chi connectivity index (χ2v) is 4.48. The van der Waals surface area contributed by atoms with Gasteiger partial charge in [0, 0.05) is 11.6 Å². The van der Waals surface area contributed by atoms with Crippen LogP contribution in [0, 0.1) is 27.3 Å². The predicted molar refractivity (Wildman–Crippen MR) is 80.9 cm³/mol. The normalized spacial score (nSPS) is 10.3. The number of benzene rings is 2. The van der Waals surface area contributed by atoms with Crippen LogP contribution in [0.1, 0.15) is 21.5 Å². The largest absolute Gasteiger partial charge is 0.502 e. The lowest BCUT2D eigenvalue weighted by Crippen LogP contribution is -2.19. The molecule has 9 heteroatoms. The van der Waals surface area contributed by atoms with Crippen LogP contribution in [0.5, 0.6) is 5.75 Å². The molecule has 120 valence electrons.